The highest BCUT2D eigenvalue weighted by atomic mass is 19.1. The Hall–Kier alpha value is -2.43. The number of benzene rings is 2. The summed E-state index contributed by atoms with van der Waals surface area (Å²) in [5.74, 6) is -0.245. The smallest absolute Gasteiger partial charge is 0.272 e. The van der Waals surface area contributed by atoms with Crippen LogP contribution in [0, 0.1) is 22.9 Å². The van der Waals surface area contributed by atoms with Crippen molar-refractivity contribution in [1.29, 1.82) is 0 Å². The molecule has 0 heterocycles. The first-order chi connectivity index (χ1) is 9.95. The predicted molar refractivity (Wildman–Crippen MR) is 81.0 cm³/mol. The standard InChI is InChI=1S/C16H17FN2O2/c1-11-8-15(6-7-16(11)19(20)21)18-12(2)9-13-4-3-5-14(17)10-13/h3-8,10,12,18H,9H2,1-2H3. The van der Waals surface area contributed by atoms with Gasteiger partial charge in [-0.3, -0.25) is 10.1 Å². The number of hydrogen-bond acceptors (Lipinski definition) is 3. The second kappa shape index (κ2) is 6.35. The molecule has 2 aromatic carbocycles. The van der Waals surface area contributed by atoms with Gasteiger partial charge in [0, 0.05) is 23.4 Å². The van der Waals surface area contributed by atoms with Crippen molar-refractivity contribution >= 4 is 11.4 Å². The number of halogens is 1. The van der Waals surface area contributed by atoms with E-state index in [1.807, 2.05) is 13.0 Å². The molecule has 0 bridgehead atoms. The molecule has 0 amide bonds. The maximum Gasteiger partial charge on any atom is 0.272 e. The number of nitro benzene ring substituents is 1. The van der Waals surface area contributed by atoms with Crippen molar-refractivity contribution in [3.05, 3.63) is 69.5 Å². The van der Waals surface area contributed by atoms with Crippen LogP contribution in [0.1, 0.15) is 18.1 Å². The summed E-state index contributed by atoms with van der Waals surface area (Å²) in [6.07, 6.45) is 0.674. The molecule has 5 heteroatoms. The third kappa shape index (κ3) is 4.02. The van der Waals surface area contributed by atoms with Gasteiger partial charge in [-0.1, -0.05) is 12.1 Å². The average molecular weight is 288 g/mol. The highest BCUT2D eigenvalue weighted by Crippen LogP contribution is 2.22. The molecule has 0 aromatic heterocycles. The van der Waals surface area contributed by atoms with Crippen molar-refractivity contribution in [2.24, 2.45) is 0 Å². The van der Waals surface area contributed by atoms with E-state index in [9.17, 15) is 14.5 Å². The summed E-state index contributed by atoms with van der Waals surface area (Å²) in [4.78, 5) is 10.4. The monoisotopic (exact) mass is 288 g/mol. The van der Waals surface area contributed by atoms with E-state index < -0.39 is 4.92 Å². The lowest BCUT2D eigenvalue weighted by Gasteiger charge is -2.16. The van der Waals surface area contributed by atoms with Crippen LogP contribution < -0.4 is 5.32 Å². The van der Waals surface area contributed by atoms with Gasteiger partial charge in [-0.2, -0.15) is 0 Å². The maximum atomic E-state index is 13.1. The quantitative estimate of drug-likeness (QED) is 0.666. The molecule has 1 N–H and O–H groups in total. The van der Waals surface area contributed by atoms with E-state index >= 15 is 0 Å². The molecule has 0 aliphatic carbocycles. The van der Waals surface area contributed by atoms with Gasteiger partial charge in [0.05, 0.1) is 4.92 Å². The van der Waals surface area contributed by atoms with E-state index in [2.05, 4.69) is 5.32 Å². The molecule has 2 rings (SSSR count). The van der Waals surface area contributed by atoms with Crippen molar-refractivity contribution in [1.82, 2.24) is 0 Å². The Labute approximate surface area is 122 Å². The number of nitro groups is 1. The molecule has 110 valence electrons. The van der Waals surface area contributed by atoms with Gasteiger partial charge in [0.15, 0.2) is 0 Å². The Morgan fingerprint density at radius 3 is 2.67 bits per heavy atom. The topological polar surface area (TPSA) is 55.2 Å². The molecule has 4 nitrogen and oxygen atoms in total. The van der Waals surface area contributed by atoms with E-state index in [0.717, 1.165) is 11.3 Å². The molecule has 0 aliphatic rings. The molecule has 1 unspecified atom stereocenters. The zero-order valence-corrected chi connectivity index (χ0v) is 12.0. The van der Waals surface area contributed by atoms with Crippen LogP contribution in [-0.4, -0.2) is 11.0 Å². The first-order valence-corrected chi connectivity index (χ1v) is 6.71. The van der Waals surface area contributed by atoms with Gasteiger partial charge in [-0.15, -0.1) is 0 Å². The number of hydrogen-bond donors (Lipinski definition) is 1. The van der Waals surface area contributed by atoms with Crippen molar-refractivity contribution in [2.45, 2.75) is 26.3 Å². The summed E-state index contributed by atoms with van der Waals surface area (Å²) in [5, 5.41) is 14.0. The van der Waals surface area contributed by atoms with Gasteiger partial charge in [0.1, 0.15) is 5.82 Å². The highest BCUT2D eigenvalue weighted by molar-refractivity contribution is 5.54. The molecule has 0 radical (unpaired) electrons. The lowest BCUT2D eigenvalue weighted by Crippen LogP contribution is -2.18. The normalized spacial score (nSPS) is 12.0. The van der Waals surface area contributed by atoms with Crippen LogP contribution in [0.3, 0.4) is 0 Å². The highest BCUT2D eigenvalue weighted by Gasteiger charge is 2.11. The van der Waals surface area contributed by atoms with E-state index in [1.165, 1.54) is 18.2 Å². The molecule has 0 saturated heterocycles. The average Bonchev–Trinajstić information content (AvgIpc) is 2.38. The zero-order valence-electron chi connectivity index (χ0n) is 12.0. The second-order valence-corrected chi connectivity index (χ2v) is 5.14. The maximum absolute atomic E-state index is 13.1. The van der Waals surface area contributed by atoms with Crippen LogP contribution in [0.5, 0.6) is 0 Å². The Kier molecular flexibility index (Phi) is 4.52. The summed E-state index contributed by atoms with van der Waals surface area (Å²) in [6.45, 7) is 3.70. The molecule has 0 fully saturated rings. The minimum Gasteiger partial charge on any atom is -0.382 e. The van der Waals surface area contributed by atoms with Crippen molar-refractivity contribution < 1.29 is 9.31 Å². The van der Waals surface area contributed by atoms with E-state index in [-0.39, 0.29) is 17.5 Å². The number of aryl methyl sites for hydroxylation is 1. The molecule has 1 atom stereocenters. The van der Waals surface area contributed by atoms with Crippen LogP contribution in [0.25, 0.3) is 0 Å². The second-order valence-electron chi connectivity index (χ2n) is 5.14. The third-order valence-electron chi connectivity index (χ3n) is 3.24. The van der Waals surface area contributed by atoms with Crippen molar-refractivity contribution in [3.63, 3.8) is 0 Å². The third-order valence-corrected chi connectivity index (χ3v) is 3.24. The minimum absolute atomic E-state index is 0.0904. The molecule has 0 saturated carbocycles. The van der Waals surface area contributed by atoms with Crippen molar-refractivity contribution in [2.75, 3.05) is 5.32 Å². The largest absolute Gasteiger partial charge is 0.382 e. The summed E-state index contributed by atoms with van der Waals surface area (Å²) in [7, 11) is 0. The van der Waals surface area contributed by atoms with Gasteiger partial charge < -0.3 is 5.32 Å². The Bertz CT molecular complexity index is 658. The molecule has 0 spiro atoms. The number of rotatable bonds is 5. The van der Waals surface area contributed by atoms with Crippen LogP contribution in [0.15, 0.2) is 42.5 Å². The number of anilines is 1. The van der Waals surface area contributed by atoms with Gasteiger partial charge in [-0.25, -0.2) is 4.39 Å². The Morgan fingerprint density at radius 1 is 1.29 bits per heavy atom. The van der Waals surface area contributed by atoms with Crippen LogP contribution in [0.4, 0.5) is 15.8 Å². The van der Waals surface area contributed by atoms with Crippen molar-refractivity contribution in [3.8, 4) is 0 Å². The lowest BCUT2D eigenvalue weighted by atomic mass is 10.1. The molecule has 0 aliphatic heterocycles. The molecule has 2 aromatic rings. The zero-order chi connectivity index (χ0) is 15.4. The van der Waals surface area contributed by atoms with E-state index in [0.29, 0.717) is 12.0 Å². The first-order valence-electron chi connectivity index (χ1n) is 6.71. The Morgan fingerprint density at radius 2 is 2.05 bits per heavy atom. The molecule has 21 heavy (non-hydrogen) atoms. The van der Waals surface area contributed by atoms with Gasteiger partial charge in [0.25, 0.3) is 5.69 Å². The summed E-state index contributed by atoms with van der Waals surface area (Å²) in [6, 6.07) is 11.5. The van der Waals surface area contributed by atoms with Crippen LogP contribution in [-0.2, 0) is 6.42 Å². The minimum atomic E-state index is -0.394. The first kappa shape index (κ1) is 15.0. The number of nitrogens with one attached hydrogen (secondary N) is 1. The van der Waals surface area contributed by atoms with Crippen LogP contribution >= 0.6 is 0 Å². The molecular formula is C16H17FN2O2. The number of nitrogens with zero attached hydrogens (tertiary/aromatic N) is 1. The van der Waals surface area contributed by atoms with E-state index in [1.54, 1.807) is 25.1 Å². The summed E-state index contributed by atoms with van der Waals surface area (Å²) >= 11 is 0. The fourth-order valence-corrected chi connectivity index (χ4v) is 2.30. The van der Waals surface area contributed by atoms with Crippen LogP contribution in [0.2, 0.25) is 0 Å². The fraction of sp³-hybridized carbons (Fsp3) is 0.250. The lowest BCUT2D eigenvalue weighted by molar-refractivity contribution is -0.385. The summed E-state index contributed by atoms with van der Waals surface area (Å²) in [5.41, 5.74) is 2.46. The fourth-order valence-electron chi connectivity index (χ4n) is 2.30. The molecular weight excluding hydrogens is 271 g/mol. The van der Waals surface area contributed by atoms with E-state index in [4.69, 9.17) is 0 Å². The van der Waals surface area contributed by atoms with Gasteiger partial charge >= 0.3 is 0 Å². The SMILES string of the molecule is Cc1cc(NC(C)Cc2cccc(F)c2)ccc1[N+](=O)[O-]. The Balaban J connectivity index is 2.04. The van der Waals surface area contributed by atoms with Gasteiger partial charge in [0.2, 0.25) is 0 Å². The predicted octanol–water partition coefficient (Wildman–Crippen LogP) is 4.09. The summed E-state index contributed by atoms with van der Waals surface area (Å²) < 4.78 is 13.1. The van der Waals surface area contributed by atoms with Gasteiger partial charge in [-0.05, 0) is 50.1 Å².